The molecule has 1 fully saturated rings. The minimum absolute atomic E-state index is 0.0133. The third kappa shape index (κ3) is 2.94. The molecule has 21 heavy (non-hydrogen) atoms. The van der Waals surface area contributed by atoms with Crippen molar-refractivity contribution < 1.29 is 17.2 Å². The van der Waals surface area contributed by atoms with Crippen molar-refractivity contribution in [2.45, 2.75) is 42.8 Å². The molecule has 0 bridgehead atoms. The van der Waals surface area contributed by atoms with Crippen LogP contribution in [-0.4, -0.2) is 39.2 Å². The lowest BCUT2D eigenvalue weighted by molar-refractivity contribution is 0.120. The summed E-state index contributed by atoms with van der Waals surface area (Å²) in [6, 6.07) is 0.163. The Labute approximate surface area is 119 Å². The van der Waals surface area contributed by atoms with Gasteiger partial charge in [0.2, 0.25) is 15.0 Å². The van der Waals surface area contributed by atoms with Crippen molar-refractivity contribution >= 4 is 9.84 Å². The fourth-order valence-corrected chi connectivity index (χ4v) is 3.53. The van der Waals surface area contributed by atoms with Crippen LogP contribution in [-0.2, 0) is 22.1 Å². The van der Waals surface area contributed by atoms with Crippen molar-refractivity contribution in [1.29, 1.82) is 0 Å². The molecule has 7 nitrogen and oxygen atoms in total. The first-order valence-electron chi connectivity index (χ1n) is 6.38. The second-order valence-corrected chi connectivity index (χ2v) is 6.74. The molecule has 2 aromatic heterocycles. The number of rotatable bonds is 6. The lowest BCUT2D eigenvalue weighted by atomic mass is 10.6. The van der Waals surface area contributed by atoms with E-state index in [4.69, 9.17) is 0 Å². The lowest BCUT2D eigenvalue weighted by Crippen LogP contribution is -2.18. The molecule has 0 aliphatic heterocycles. The van der Waals surface area contributed by atoms with E-state index >= 15 is 0 Å². The molecule has 0 unspecified atom stereocenters. The van der Waals surface area contributed by atoms with Gasteiger partial charge in [0.15, 0.2) is 0 Å². The fraction of sp³-hybridized carbons (Fsp3) is 0.545. The molecular formula is C11H13F2N5O2S. The van der Waals surface area contributed by atoms with E-state index in [0.29, 0.717) is 0 Å². The summed E-state index contributed by atoms with van der Waals surface area (Å²) in [6.45, 7) is -0.679. The molecule has 0 spiro atoms. The molecular weight excluding hydrogens is 304 g/mol. The predicted molar refractivity (Wildman–Crippen MR) is 67.4 cm³/mol. The van der Waals surface area contributed by atoms with Gasteiger partial charge in [-0.3, -0.25) is 0 Å². The van der Waals surface area contributed by atoms with Crippen LogP contribution in [0.2, 0.25) is 0 Å². The Hall–Kier alpha value is -1.84. The zero-order valence-corrected chi connectivity index (χ0v) is 11.7. The van der Waals surface area contributed by atoms with Crippen LogP contribution in [0.15, 0.2) is 23.9 Å². The molecule has 1 aliphatic carbocycles. The molecule has 0 radical (unpaired) electrons. The molecule has 1 aliphatic rings. The largest absolute Gasteiger partial charge is 0.319 e. The van der Waals surface area contributed by atoms with Crippen molar-refractivity contribution in [3.05, 3.63) is 24.5 Å². The topological polar surface area (TPSA) is 82.7 Å². The summed E-state index contributed by atoms with van der Waals surface area (Å²) in [7, 11) is -3.75. The van der Waals surface area contributed by atoms with Crippen molar-refractivity contribution in [2.75, 3.05) is 0 Å². The first-order chi connectivity index (χ1) is 9.97. The van der Waals surface area contributed by atoms with Crippen LogP contribution < -0.4 is 0 Å². The second-order valence-electron chi connectivity index (χ2n) is 4.86. The Morgan fingerprint density at radius 1 is 1.33 bits per heavy atom. The maximum absolute atomic E-state index is 12.4. The smallest absolute Gasteiger partial charge is 0.257 e. The molecule has 0 N–H and O–H groups in total. The molecule has 0 saturated heterocycles. The highest BCUT2D eigenvalue weighted by Gasteiger charge is 2.31. The quantitative estimate of drug-likeness (QED) is 0.795. The summed E-state index contributed by atoms with van der Waals surface area (Å²) in [6.07, 6.45) is 3.33. The Morgan fingerprint density at radius 2 is 2.10 bits per heavy atom. The minimum atomic E-state index is -3.75. The molecule has 0 atom stereocenters. The predicted octanol–water partition coefficient (Wildman–Crippen LogP) is 1.05. The zero-order chi connectivity index (χ0) is 15.0. The van der Waals surface area contributed by atoms with E-state index in [-0.39, 0.29) is 17.0 Å². The second kappa shape index (κ2) is 5.17. The Bertz CT molecular complexity index is 735. The summed E-state index contributed by atoms with van der Waals surface area (Å²) in [5.74, 6) is -0.510. The number of alkyl halides is 2. The maximum atomic E-state index is 12.4. The number of hydrogen-bond donors (Lipinski definition) is 0. The standard InChI is InChI=1S/C11H13F2N5O2S/c12-9(13)5-18-10(15-7-16-18)6-21(19,20)11-14-3-4-17(11)8-1-2-8/h3-4,7-9H,1-2,5-6H2. The van der Waals surface area contributed by atoms with Gasteiger partial charge < -0.3 is 4.57 Å². The number of nitrogens with zero attached hydrogens (tertiary/aromatic N) is 5. The highest BCUT2D eigenvalue weighted by molar-refractivity contribution is 7.90. The third-order valence-corrected chi connectivity index (χ3v) is 4.69. The van der Waals surface area contributed by atoms with Gasteiger partial charge in [0.1, 0.15) is 24.4 Å². The van der Waals surface area contributed by atoms with Gasteiger partial charge in [-0.25, -0.2) is 31.8 Å². The third-order valence-electron chi connectivity index (χ3n) is 3.18. The van der Waals surface area contributed by atoms with Gasteiger partial charge in [0.05, 0.1) is 0 Å². The Balaban J connectivity index is 1.86. The number of hydrogen-bond acceptors (Lipinski definition) is 5. The Kier molecular flexibility index (Phi) is 3.47. The van der Waals surface area contributed by atoms with Gasteiger partial charge >= 0.3 is 0 Å². The van der Waals surface area contributed by atoms with Gasteiger partial charge in [-0.15, -0.1) is 0 Å². The SMILES string of the molecule is O=S(=O)(Cc1ncnn1CC(F)F)c1nccn1C1CC1. The van der Waals surface area contributed by atoms with Gasteiger partial charge in [-0.05, 0) is 12.8 Å². The van der Waals surface area contributed by atoms with Gasteiger partial charge in [-0.2, -0.15) is 5.10 Å². The van der Waals surface area contributed by atoms with E-state index in [2.05, 4.69) is 15.1 Å². The molecule has 3 rings (SSSR count). The van der Waals surface area contributed by atoms with Crippen LogP contribution in [0.4, 0.5) is 8.78 Å². The summed E-state index contributed by atoms with van der Waals surface area (Å²) in [5, 5.41) is 3.58. The number of halogens is 2. The number of imidazole rings is 1. The first-order valence-corrected chi connectivity index (χ1v) is 8.03. The lowest BCUT2D eigenvalue weighted by Gasteiger charge is -2.08. The molecule has 1 saturated carbocycles. The molecule has 114 valence electrons. The molecule has 10 heteroatoms. The summed E-state index contributed by atoms with van der Waals surface area (Å²) in [4.78, 5) is 7.65. The van der Waals surface area contributed by atoms with Gasteiger partial charge in [-0.1, -0.05) is 0 Å². The van der Waals surface area contributed by atoms with Crippen LogP contribution in [0.3, 0.4) is 0 Å². The normalized spacial score (nSPS) is 15.8. The average Bonchev–Trinajstić information content (AvgIpc) is 2.96. The molecule has 0 aromatic carbocycles. The summed E-state index contributed by atoms with van der Waals surface area (Å²) >= 11 is 0. The van der Waals surface area contributed by atoms with E-state index in [0.717, 1.165) is 23.9 Å². The Morgan fingerprint density at radius 3 is 2.76 bits per heavy atom. The van der Waals surface area contributed by atoms with E-state index < -0.39 is 28.6 Å². The van der Waals surface area contributed by atoms with Crippen LogP contribution in [0.1, 0.15) is 24.7 Å². The fourth-order valence-electron chi connectivity index (χ4n) is 2.09. The average molecular weight is 317 g/mol. The van der Waals surface area contributed by atoms with Crippen LogP contribution >= 0.6 is 0 Å². The minimum Gasteiger partial charge on any atom is -0.319 e. The van der Waals surface area contributed by atoms with Crippen molar-refractivity contribution in [3.8, 4) is 0 Å². The molecule has 2 heterocycles. The van der Waals surface area contributed by atoms with E-state index in [9.17, 15) is 17.2 Å². The van der Waals surface area contributed by atoms with Crippen molar-refractivity contribution in [1.82, 2.24) is 24.3 Å². The van der Waals surface area contributed by atoms with E-state index in [1.807, 2.05) is 0 Å². The van der Waals surface area contributed by atoms with Crippen LogP contribution in [0, 0.1) is 0 Å². The van der Waals surface area contributed by atoms with Crippen LogP contribution in [0.25, 0.3) is 0 Å². The molecule has 0 amide bonds. The monoisotopic (exact) mass is 317 g/mol. The first kappa shape index (κ1) is 14.1. The van der Waals surface area contributed by atoms with Crippen LogP contribution in [0.5, 0.6) is 0 Å². The summed E-state index contributed by atoms with van der Waals surface area (Å²) < 4.78 is 52.1. The van der Waals surface area contributed by atoms with E-state index in [1.54, 1.807) is 10.8 Å². The van der Waals surface area contributed by atoms with Crippen molar-refractivity contribution in [2.24, 2.45) is 0 Å². The zero-order valence-electron chi connectivity index (χ0n) is 10.9. The number of aromatic nitrogens is 5. The van der Waals surface area contributed by atoms with Gasteiger partial charge in [0.25, 0.3) is 6.43 Å². The van der Waals surface area contributed by atoms with E-state index in [1.165, 1.54) is 6.20 Å². The van der Waals surface area contributed by atoms with Crippen molar-refractivity contribution in [3.63, 3.8) is 0 Å². The highest BCUT2D eigenvalue weighted by atomic mass is 32.2. The maximum Gasteiger partial charge on any atom is 0.257 e. The van der Waals surface area contributed by atoms with Gasteiger partial charge in [0, 0.05) is 18.4 Å². The highest BCUT2D eigenvalue weighted by Crippen LogP contribution is 2.36. The molecule has 2 aromatic rings. The number of sulfone groups is 1. The summed E-state index contributed by atoms with van der Waals surface area (Å²) in [5.41, 5.74) is 0.